The summed E-state index contributed by atoms with van der Waals surface area (Å²) in [6, 6.07) is 6.44. The van der Waals surface area contributed by atoms with E-state index in [4.69, 9.17) is 9.84 Å². The molecule has 0 fully saturated rings. The van der Waals surface area contributed by atoms with Gasteiger partial charge in [0.2, 0.25) is 10.0 Å². The second-order valence-electron chi connectivity index (χ2n) is 3.56. The first-order valence-electron chi connectivity index (χ1n) is 5.34. The van der Waals surface area contributed by atoms with Gasteiger partial charge in [-0.3, -0.25) is 9.52 Å². The molecule has 1 rings (SSSR count). The monoisotopic (exact) mass is 273 g/mol. The summed E-state index contributed by atoms with van der Waals surface area (Å²) in [6.07, 6.45) is 0. The summed E-state index contributed by atoms with van der Waals surface area (Å²) in [4.78, 5) is 10.7. The molecule has 0 spiro atoms. The fraction of sp³-hybridized carbons (Fsp3) is 0.364. The maximum Gasteiger partial charge on any atom is 0.323 e. The third kappa shape index (κ3) is 3.36. The molecule has 18 heavy (non-hydrogen) atoms. The van der Waals surface area contributed by atoms with Gasteiger partial charge >= 0.3 is 5.97 Å². The first-order chi connectivity index (χ1) is 8.38. The normalized spacial score (nSPS) is 12.8. The van der Waals surface area contributed by atoms with Crippen LogP contribution in [0.15, 0.2) is 24.3 Å². The van der Waals surface area contributed by atoms with Crippen molar-refractivity contribution in [2.24, 2.45) is 0 Å². The fourth-order valence-corrected chi connectivity index (χ4v) is 2.12. The number of hydrogen-bond acceptors (Lipinski definition) is 4. The van der Waals surface area contributed by atoms with E-state index in [0.29, 0.717) is 12.4 Å². The zero-order valence-electron chi connectivity index (χ0n) is 10.1. The summed E-state index contributed by atoms with van der Waals surface area (Å²) in [5.74, 6) is -1.04. The second-order valence-corrected chi connectivity index (χ2v) is 5.56. The molecule has 0 heterocycles. The van der Waals surface area contributed by atoms with Crippen molar-refractivity contribution in [2.75, 3.05) is 11.3 Å². The first-order valence-corrected chi connectivity index (χ1v) is 6.89. The number of carboxylic acids is 1. The Morgan fingerprint density at radius 2 is 2.06 bits per heavy atom. The Balaban J connectivity index is 3.01. The van der Waals surface area contributed by atoms with E-state index in [-0.39, 0.29) is 5.69 Å². The van der Waals surface area contributed by atoms with Gasteiger partial charge in [-0.2, -0.15) is 0 Å². The quantitative estimate of drug-likeness (QED) is 0.815. The van der Waals surface area contributed by atoms with Crippen LogP contribution in [-0.4, -0.2) is 31.4 Å². The van der Waals surface area contributed by atoms with Crippen LogP contribution in [0.2, 0.25) is 0 Å². The average molecular weight is 273 g/mol. The molecule has 6 nitrogen and oxygen atoms in total. The lowest BCUT2D eigenvalue weighted by molar-refractivity contribution is -0.136. The number of carbonyl (C=O) groups is 1. The van der Waals surface area contributed by atoms with E-state index in [9.17, 15) is 13.2 Å². The Kier molecular flexibility index (Phi) is 4.55. The third-order valence-electron chi connectivity index (χ3n) is 2.25. The largest absolute Gasteiger partial charge is 0.492 e. The van der Waals surface area contributed by atoms with Crippen LogP contribution >= 0.6 is 0 Å². The Morgan fingerprint density at radius 3 is 2.61 bits per heavy atom. The maximum atomic E-state index is 11.8. The van der Waals surface area contributed by atoms with Crippen molar-refractivity contribution in [2.45, 2.75) is 19.1 Å². The van der Waals surface area contributed by atoms with E-state index >= 15 is 0 Å². The van der Waals surface area contributed by atoms with Crippen LogP contribution in [0.25, 0.3) is 0 Å². The number of para-hydroxylation sites is 2. The maximum absolute atomic E-state index is 11.8. The minimum Gasteiger partial charge on any atom is -0.492 e. The summed E-state index contributed by atoms with van der Waals surface area (Å²) in [7, 11) is -3.98. The minimum absolute atomic E-state index is 0.229. The molecule has 0 bridgehead atoms. The van der Waals surface area contributed by atoms with E-state index < -0.39 is 21.2 Å². The van der Waals surface area contributed by atoms with Gasteiger partial charge < -0.3 is 9.84 Å². The molecular weight excluding hydrogens is 258 g/mol. The van der Waals surface area contributed by atoms with Crippen LogP contribution in [0.5, 0.6) is 5.75 Å². The summed E-state index contributed by atoms with van der Waals surface area (Å²) in [5, 5.41) is 7.18. The van der Waals surface area contributed by atoms with Crippen LogP contribution in [0.3, 0.4) is 0 Å². The van der Waals surface area contributed by atoms with Gasteiger partial charge in [0.05, 0.1) is 12.3 Å². The number of anilines is 1. The molecule has 100 valence electrons. The Bertz CT molecular complexity index is 526. The van der Waals surface area contributed by atoms with E-state index in [2.05, 4.69) is 4.72 Å². The molecule has 2 N–H and O–H groups in total. The van der Waals surface area contributed by atoms with E-state index in [1.807, 2.05) is 0 Å². The predicted molar refractivity (Wildman–Crippen MR) is 67.3 cm³/mol. The second kappa shape index (κ2) is 5.72. The smallest absolute Gasteiger partial charge is 0.323 e. The lowest BCUT2D eigenvalue weighted by atomic mass is 10.3. The van der Waals surface area contributed by atoms with Crippen LogP contribution in [0.1, 0.15) is 13.8 Å². The van der Waals surface area contributed by atoms with Gasteiger partial charge in [-0.05, 0) is 26.0 Å². The molecule has 0 aromatic heterocycles. The lowest BCUT2D eigenvalue weighted by Crippen LogP contribution is -2.32. The highest BCUT2D eigenvalue weighted by Crippen LogP contribution is 2.25. The molecule has 0 aliphatic rings. The standard InChI is InChI=1S/C11H15NO5S/c1-3-17-10-7-5-4-6-9(10)12-18(15,16)8(2)11(13)14/h4-8,12H,3H2,1-2H3,(H,13,14). The fourth-order valence-electron chi connectivity index (χ4n) is 1.21. The van der Waals surface area contributed by atoms with Gasteiger partial charge in [0.25, 0.3) is 0 Å². The summed E-state index contributed by atoms with van der Waals surface area (Å²) in [6.45, 7) is 3.26. The number of benzene rings is 1. The van der Waals surface area contributed by atoms with Crippen molar-refractivity contribution in [1.82, 2.24) is 0 Å². The first kappa shape index (κ1) is 14.3. The van der Waals surface area contributed by atoms with Gasteiger partial charge in [-0.15, -0.1) is 0 Å². The number of carboxylic acid groups (broad SMARTS) is 1. The van der Waals surface area contributed by atoms with Gasteiger partial charge in [0, 0.05) is 0 Å². The van der Waals surface area contributed by atoms with Crippen molar-refractivity contribution >= 4 is 21.7 Å². The summed E-state index contributed by atoms with van der Waals surface area (Å²) >= 11 is 0. The van der Waals surface area contributed by atoms with E-state index in [0.717, 1.165) is 6.92 Å². The minimum atomic E-state index is -3.98. The molecule has 0 aliphatic heterocycles. The third-order valence-corrected chi connectivity index (χ3v) is 3.89. The molecule has 0 radical (unpaired) electrons. The molecular formula is C11H15NO5S. The molecule has 0 saturated heterocycles. The molecule has 1 aromatic rings. The SMILES string of the molecule is CCOc1ccccc1NS(=O)(=O)C(C)C(=O)O. The molecule has 0 aliphatic carbocycles. The lowest BCUT2D eigenvalue weighted by Gasteiger charge is -2.14. The van der Waals surface area contributed by atoms with Crippen molar-refractivity contribution in [3.63, 3.8) is 0 Å². The number of aliphatic carboxylic acids is 1. The molecule has 1 unspecified atom stereocenters. The van der Waals surface area contributed by atoms with Crippen molar-refractivity contribution in [3.05, 3.63) is 24.3 Å². The Hall–Kier alpha value is -1.76. The Labute approximate surface area is 106 Å². The highest BCUT2D eigenvalue weighted by atomic mass is 32.2. The Morgan fingerprint density at radius 1 is 1.44 bits per heavy atom. The zero-order valence-corrected chi connectivity index (χ0v) is 10.9. The number of ether oxygens (including phenoxy) is 1. The molecule has 1 aromatic carbocycles. The van der Waals surface area contributed by atoms with Crippen molar-refractivity contribution in [3.8, 4) is 5.75 Å². The summed E-state index contributed by atoms with van der Waals surface area (Å²) in [5.41, 5.74) is 0.229. The highest BCUT2D eigenvalue weighted by molar-refractivity contribution is 7.94. The van der Waals surface area contributed by atoms with Crippen LogP contribution in [0.4, 0.5) is 5.69 Å². The highest BCUT2D eigenvalue weighted by Gasteiger charge is 2.28. The van der Waals surface area contributed by atoms with Gasteiger partial charge in [-0.25, -0.2) is 8.42 Å². The van der Waals surface area contributed by atoms with Crippen molar-refractivity contribution < 1.29 is 23.1 Å². The van der Waals surface area contributed by atoms with E-state index in [1.165, 1.54) is 6.07 Å². The molecule has 0 amide bonds. The number of nitrogens with one attached hydrogen (secondary N) is 1. The predicted octanol–water partition coefficient (Wildman–Crippen LogP) is 1.30. The van der Waals surface area contributed by atoms with Crippen LogP contribution in [0, 0.1) is 0 Å². The average Bonchev–Trinajstić information content (AvgIpc) is 2.30. The number of hydrogen-bond donors (Lipinski definition) is 2. The number of sulfonamides is 1. The molecule has 0 saturated carbocycles. The molecule has 1 atom stereocenters. The number of rotatable bonds is 6. The topological polar surface area (TPSA) is 92.7 Å². The van der Waals surface area contributed by atoms with Gasteiger partial charge in [-0.1, -0.05) is 12.1 Å². The van der Waals surface area contributed by atoms with Gasteiger partial charge in [0.1, 0.15) is 5.75 Å². The van der Waals surface area contributed by atoms with Crippen molar-refractivity contribution in [1.29, 1.82) is 0 Å². The van der Waals surface area contributed by atoms with E-state index in [1.54, 1.807) is 25.1 Å². The summed E-state index contributed by atoms with van der Waals surface area (Å²) < 4.78 is 31.0. The van der Waals surface area contributed by atoms with Crippen LogP contribution < -0.4 is 9.46 Å². The van der Waals surface area contributed by atoms with Crippen LogP contribution in [-0.2, 0) is 14.8 Å². The zero-order chi connectivity index (χ0) is 13.8. The van der Waals surface area contributed by atoms with Gasteiger partial charge in [0.15, 0.2) is 5.25 Å². The molecule has 7 heteroatoms.